The molecule has 2 aromatic rings. The summed E-state index contributed by atoms with van der Waals surface area (Å²) in [5, 5.41) is 2.78. The second-order valence-corrected chi connectivity index (χ2v) is 6.71. The summed E-state index contributed by atoms with van der Waals surface area (Å²) >= 11 is 0. The van der Waals surface area contributed by atoms with Crippen molar-refractivity contribution in [3.63, 3.8) is 0 Å². The van der Waals surface area contributed by atoms with Crippen molar-refractivity contribution in [2.75, 3.05) is 13.8 Å². The number of alkyl halides is 2. The predicted molar refractivity (Wildman–Crippen MR) is 96.7 cm³/mol. The smallest absolute Gasteiger partial charge is 0.387 e. The maximum absolute atomic E-state index is 12.7. The van der Waals surface area contributed by atoms with Gasteiger partial charge in [0.15, 0.2) is 11.5 Å². The Bertz CT molecular complexity index is 891. The van der Waals surface area contributed by atoms with Crippen LogP contribution < -0.4 is 19.5 Å². The number of ether oxygens (including phenoxy) is 3. The molecule has 28 heavy (non-hydrogen) atoms. The fourth-order valence-corrected chi connectivity index (χ4v) is 3.68. The Kier molecular flexibility index (Phi) is 4.93. The zero-order chi connectivity index (χ0) is 19.7. The Morgan fingerprint density at radius 1 is 1.29 bits per heavy atom. The number of carbonyl (C=O) groups is 1. The number of urea groups is 1. The molecule has 8 heteroatoms. The van der Waals surface area contributed by atoms with Crippen LogP contribution in [-0.2, 0) is 13.0 Å². The van der Waals surface area contributed by atoms with Crippen molar-refractivity contribution in [1.29, 1.82) is 0 Å². The van der Waals surface area contributed by atoms with E-state index in [0.29, 0.717) is 17.1 Å². The number of halogens is 2. The summed E-state index contributed by atoms with van der Waals surface area (Å²) in [5.41, 5.74) is 2.78. The fourth-order valence-electron chi connectivity index (χ4n) is 3.68. The summed E-state index contributed by atoms with van der Waals surface area (Å²) in [6, 6.07) is 10.7. The lowest BCUT2D eigenvalue weighted by atomic mass is 10.1. The lowest BCUT2D eigenvalue weighted by molar-refractivity contribution is -0.0505. The van der Waals surface area contributed by atoms with Gasteiger partial charge in [0.2, 0.25) is 6.79 Å². The van der Waals surface area contributed by atoms with E-state index in [2.05, 4.69) is 16.1 Å². The number of nitrogens with zero attached hydrogens (tertiary/aromatic N) is 1. The van der Waals surface area contributed by atoms with E-state index in [1.165, 1.54) is 11.6 Å². The molecule has 2 aliphatic rings. The van der Waals surface area contributed by atoms with Crippen LogP contribution in [0.25, 0.3) is 0 Å². The van der Waals surface area contributed by atoms with E-state index in [9.17, 15) is 13.6 Å². The van der Waals surface area contributed by atoms with Crippen LogP contribution in [0, 0.1) is 0 Å². The van der Waals surface area contributed by atoms with Gasteiger partial charge in [-0.2, -0.15) is 8.78 Å². The van der Waals surface area contributed by atoms with Gasteiger partial charge in [0.1, 0.15) is 5.75 Å². The molecule has 0 saturated carbocycles. The van der Waals surface area contributed by atoms with Gasteiger partial charge in [0.25, 0.3) is 0 Å². The first-order valence-electron chi connectivity index (χ1n) is 8.98. The molecule has 6 nitrogen and oxygen atoms in total. The largest absolute Gasteiger partial charge is 0.454 e. The molecule has 2 aromatic carbocycles. The van der Waals surface area contributed by atoms with Crippen LogP contribution in [0.3, 0.4) is 0 Å². The molecule has 0 saturated heterocycles. The number of carbonyl (C=O) groups excluding carboxylic acids is 1. The van der Waals surface area contributed by atoms with E-state index in [1.807, 2.05) is 18.2 Å². The third-order valence-corrected chi connectivity index (χ3v) is 5.09. The maximum Gasteiger partial charge on any atom is 0.387 e. The van der Waals surface area contributed by atoms with Crippen LogP contribution in [0.15, 0.2) is 36.4 Å². The second kappa shape index (κ2) is 7.53. The first-order chi connectivity index (χ1) is 13.5. The summed E-state index contributed by atoms with van der Waals surface area (Å²) in [7, 11) is 1.73. The molecule has 0 spiro atoms. The van der Waals surface area contributed by atoms with Crippen LogP contribution in [0.4, 0.5) is 13.6 Å². The summed E-state index contributed by atoms with van der Waals surface area (Å²) in [6.07, 6.45) is 1.78. The van der Waals surface area contributed by atoms with Gasteiger partial charge in [-0.1, -0.05) is 24.3 Å². The van der Waals surface area contributed by atoms with Crippen LogP contribution in [-0.4, -0.2) is 31.4 Å². The molecule has 4 rings (SSSR count). The molecule has 0 fully saturated rings. The molecule has 0 aromatic heterocycles. The predicted octanol–water partition coefficient (Wildman–Crippen LogP) is 3.85. The van der Waals surface area contributed by atoms with Crippen molar-refractivity contribution in [2.45, 2.75) is 32.0 Å². The van der Waals surface area contributed by atoms with Crippen LogP contribution in [0.5, 0.6) is 17.2 Å². The van der Waals surface area contributed by atoms with E-state index in [0.717, 1.165) is 18.4 Å². The van der Waals surface area contributed by atoms with E-state index < -0.39 is 6.61 Å². The molecule has 0 radical (unpaired) electrons. The molecular weight excluding hydrogens is 370 g/mol. The quantitative estimate of drug-likeness (QED) is 0.843. The Morgan fingerprint density at radius 3 is 2.82 bits per heavy atom. The zero-order valence-corrected chi connectivity index (χ0v) is 15.3. The van der Waals surface area contributed by atoms with Crippen molar-refractivity contribution in [3.8, 4) is 17.2 Å². The van der Waals surface area contributed by atoms with Gasteiger partial charge >= 0.3 is 12.6 Å². The van der Waals surface area contributed by atoms with Gasteiger partial charge in [-0.3, -0.25) is 0 Å². The Hall–Kier alpha value is -3.03. The minimum Gasteiger partial charge on any atom is -0.454 e. The fraction of sp³-hybridized carbons (Fsp3) is 0.350. The standard InChI is InChI=1S/C20H20F2N2O4/c1-24(15-7-6-12-4-2-3-5-14(12)15)20(25)23-10-13-8-17-18(27-11-26-17)9-16(13)28-19(21)22/h2-5,8-9,15,19H,6-7,10-11H2,1H3,(H,23,25). The Morgan fingerprint density at radius 2 is 2.04 bits per heavy atom. The number of nitrogens with one attached hydrogen (secondary N) is 1. The normalized spacial score (nSPS) is 16.8. The molecule has 1 aliphatic heterocycles. The van der Waals surface area contributed by atoms with Crippen molar-refractivity contribution in [1.82, 2.24) is 10.2 Å². The van der Waals surface area contributed by atoms with E-state index in [-0.39, 0.29) is 31.2 Å². The monoisotopic (exact) mass is 390 g/mol. The first-order valence-corrected chi connectivity index (χ1v) is 8.98. The second-order valence-electron chi connectivity index (χ2n) is 6.71. The number of benzene rings is 2. The molecule has 2 amide bonds. The summed E-state index contributed by atoms with van der Waals surface area (Å²) < 4.78 is 40.5. The molecule has 1 N–H and O–H groups in total. The lowest BCUT2D eigenvalue weighted by Crippen LogP contribution is -2.38. The minimum absolute atomic E-state index is 0.00950. The number of fused-ring (bicyclic) bond motifs is 2. The highest BCUT2D eigenvalue weighted by molar-refractivity contribution is 5.75. The number of hydrogen-bond acceptors (Lipinski definition) is 4. The summed E-state index contributed by atoms with van der Waals surface area (Å²) in [5.74, 6) is 0.725. The van der Waals surface area contributed by atoms with Gasteiger partial charge in [-0.25, -0.2) is 4.79 Å². The number of rotatable bonds is 5. The molecular formula is C20H20F2N2O4. The van der Waals surface area contributed by atoms with Gasteiger partial charge in [-0.05, 0) is 30.0 Å². The average Bonchev–Trinajstić information content (AvgIpc) is 3.31. The SMILES string of the molecule is CN(C(=O)NCc1cc2c(cc1OC(F)F)OCO2)C1CCc2ccccc21. The third-order valence-electron chi connectivity index (χ3n) is 5.09. The highest BCUT2D eigenvalue weighted by Gasteiger charge is 2.28. The molecule has 0 bridgehead atoms. The minimum atomic E-state index is -2.98. The van der Waals surface area contributed by atoms with Gasteiger partial charge < -0.3 is 24.4 Å². The first kappa shape index (κ1) is 18.3. The topological polar surface area (TPSA) is 60.0 Å². The maximum atomic E-state index is 12.7. The molecule has 1 heterocycles. The number of amides is 2. The highest BCUT2D eigenvalue weighted by atomic mass is 19.3. The van der Waals surface area contributed by atoms with E-state index in [4.69, 9.17) is 9.47 Å². The molecule has 148 valence electrons. The van der Waals surface area contributed by atoms with Crippen molar-refractivity contribution >= 4 is 6.03 Å². The third kappa shape index (κ3) is 3.54. The highest BCUT2D eigenvalue weighted by Crippen LogP contribution is 2.39. The number of hydrogen-bond donors (Lipinski definition) is 1. The van der Waals surface area contributed by atoms with Crippen molar-refractivity contribution in [3.05, 3.63) is 53.1 Å². The van der Waals surface area contributed by atoms with Gasteiger partial charge in [0, 0.05) is 25.2 Å². The molecule has 1 unspecified atom stereocenters. The average molecular weight is 390 g/mol. The summed E-state index contributed by atoms with van der Waals surface area (Å²) in [6.45, 7) is -2.94. The van der Waals surface area contributed by atoms with E-state index >= 15 is 0 Å². The Balaban J connectivity index is 1.46. The lowest BCUT2D eigenvalue weighted by Gasteiger charge is -2.26. The van der Waals surface area contributed by atoms with Crippen molar-refractivity contribution in [2.24, 2.45) is 0 Å². The van der Waals surface area contributed by atoms with Crippen LogP contribution in [0.1, 0.15) is 29.2 Å². The number of aryl methyl sites for hydroxylation is 1. The summed E-state index contributed by atoms with van der Waals surface area (Å²) in [4.78, 5) is 14.3. The van der Waals surface area contributed by atoms with Crippen LogP contribution >= 0.6 is 0 Å². The zero-order valence-electron chi connectivity index (χ0n) is 15.3. The molecule has 1 atom stereocenters. The van der Waals surface area contributed by atoms with E-state index in [1.54, 1.807) is 18.0 Å². The van der Waals surface area contributed by atoms with Crippen molar-refractivity contribution < 1.29 is 27.8 Å². The Labute approximate surface area is 161 Å². The van der Waals surface area contributed by atoms with Crippen LogP contribution in [0.2, 0.25) is 0 Å². The van der Waals surface area contributed by atoms with Gasteiger partial charge in [-0.15, -0.1) is 0 Å². The molecule has 1 aliphatic carbocycles. The van der Waals surface area contributed by atoms with Gasteiger partial charge in [0.05, 0.1) is 6.04 Å².